The summed E-state index contributed by atoms with van der Waals surface area (Å²) in [5.74, 6) is 1.67. The number of anilines is 1. The topological polar surface area (TPSA) is 38.5 Å². The Morgan fingerprint density at radius 3 is 2.19 bits per heavy atom. The predicted octanol–water partition coefficient (Wildman–Crippen LogP) is 5.41. The van der Waals surface area contributed by atoms with Gasteiger partial charge in [0.2, 0.25) is 0 Å². The summed E-state index contributed by atoms with van der Waals surface area (Å²) in [5.41, 5.74) is 7.84. The van der Waals surface area contributed by atoms with Crippen molar-refractivity contribution in [3.8, 4) is 5.75 Å². The van der Waals surface area contributed by atoms with Crippen LogP contribution in [0.3, 0.4) is 0 Å². The van der Waals surface area contributed by atoms with E-state index in [-0.39, 0.29) is 34.0 Å². The molecule has 3 nitrogen and oxygen atoms in total. The van der Waals surface area contributed by atoms with E-state index in [1.807, 2.05) is 36.4 Å². The van der Waals surface area contributed by atoms with Gasteiger partial charge in [0.15, 0.2) is 0 Å². The van der Waals surface area contributed by atoms with Gasteiger partial charge in [-0.05, 0) is 80.2 Å². The number of piperidine rings is 1. The molecule has 0 aliphatic carbocycles. The number of rotatable bonds is 6. The van der Waals surface area contributed by atoms with Gasteiger partial charge in [-0.3, -0.25) is 4.90 Å². The summed E-state index contributed by atoms with van der Waals surface area (Å²) in [6, 6.07) is 15.9. The molecule has 3 rings (SSSR count). The molecular formula is C20H27Br2ClN2O. The van der Waals surface area contributed by atoms with E-state index in [9.17, 15) is 0 Å². The molecule has 1 aliphatic heterocycles. The van der Waals surface area contributed by atoms with Crippen molar-refractivity contribution >= 4 is 51.3 Å². The van der Waals surface area contributed by atoms with Crippen LogP contribution < -0.4 is 10.5 Å². The maximum Gasteiger partial charge on any atom is 0.119 e. The lowest BCUT2D eigenvalue weighted by molar-refractivity contribution is 0.155. The summed E-state index contributed by atoms with van der Waals surface area (Å²) < 4.78 is 5.79. The number of likely N-dealkylation sites (tertiary alicyclic amines) is 1. The van der Waals surface area contributed by atoms with Crippen LogP contribution in [0.2, 0.25) is 5.02 Å². The number of ether oxygens (including phenoxy) is 1. The number of halogens is 3. The molecule has 2 N–H and O–H groups in total. The molecule has 2 aromatic rings. The zero-order valence-electron chi connectivity index (χ0n) is 14.8. The summed E-state index contributed by atoms with van der Waals surface area (Å²) in [5, 5.41) is 0.815. The van der Waals surface area contributed by atoms with Crippen LogP contribution in [0.4, 0.5) is 5.69 Å². The minimum Gasteiger partial charge on any atom is -0.492 e. The Morgan fingerprint density at radius 2 is 1.58 bits per heavy atom. The molecule has 1 heterocycles. The molecule has 0 aromatic heterocycles. The molecule has 1 aliphatic rings. The minimum atomic E-state index is 0. The van der Waals surface area contributed by atoms with Crippen molar-refractivity contribution in [2.24, 2.45) is 5.92 Å². The van der Waals surface area contributed by atoms with Crippen molar-refractivity contribution in [3.63, 3.8) is 0 Å². The Hall–Kier alpha value is -0.750. The molecule has 2 aromatic carbocycles. The first-order valence-corrected chi connectivity index (χ1v) is 9.02. The minimum absolute atomic E-state index is 0. The zero-order chi connectivity index (χ0) is 16.8. The molecule has 1 fully saturated rings. The Labute approximate surface area is 182 Å². The molecule has 0 spiro atoms. The lowest BCUT2D eigenvalue weighted by Crippen LogP contribution is -2.37. The van der Waals surface area contributed by atoms with Gasteiger partial charge in [0, 0.05) is 17.3 Å². The fourth-order valence-electron chi connectivity index (χ4n) is 3.22. The molecule has 26 heavy (non-hydrogen) atoms. The van der Waals surface area contributed by atoms with Crippen LogP contribution in [-0.2, 0) is 6.42 Å². The normalized spacial score (nSPS) is 15.0. The first-order valence-electron chi connectivity index (χ1n) is 8.64. The Morgan fingerprint density at radius 1 is 0.962 bits per heavy atom. The summed E-state index contributed by atoms with van der Waals surface area (Å²) in [6.07, 6.45) is 3.67. The highest BCUT2D eigenvalue weighted by atomic mass is 79.9. The van der Waals surface area contributed by atoms with Crippen molar-refractivity contribution in [2.75, 3.05) is 32.0 Å². The van der Waals surface area contributed by atoms with E-state index in [1.54, 1.807) is 0 Å². The molecule has 0 atom stereocenters. The molecule has 0 unspecified atom stereocenters. The van der Waals surface area contributed by atoms with E-state index in [4.69, 9.17) is 22.1 Å². The van der Waals surface area contributed by atoms with Gasteiger partial charge in [-0.25, -0.2) is 0 Å². The van der Waals surface area contributed by atoms with Crippen LogP contribution in [0.5, 0.6) is 5.75 Å². The van der Waals surface area contributed by atoms with E-state index in [1.165, 1.54) is 18.4 Å². The Kier molecular flexibility index (Phi) is 10.6. The van der Waals surface area contributed by atoms with Crippen molar-refractivity contribution in [1.29, 1.82) is 0 Å². The van der Waals surface area contributed by atoms with Gasteiger partial charge in [0.25, 0.3) is 0 Å². The number of nitrogen functional groups attached to an aromatic ring is 1. The third-order valence-corrected chi connectivity index (χ3v) is 4.95. The van der Waals surface area contributed by atoms with Crippen molar-refractivity contribution < 1.29 is 4.74 Å². The van der Waals surface area contributed by atoms with E-state index in [0.29, 0.717) is 0 Å². The van der Waals surface area contributed by atoms with Crippen molar-refractivity contribution in [3.05, 3.63) is 59.1 Å². The van der Waals surface area contributed by atoms with Gasteiger partial charge in [-0.2, -0.15) is 0 Å². The standard InChI is InChI=1S/C20H25ClN2O.2BrH/c21-18-3-1-16(2-4-18)15-17-9-11-23(12-10-17)13-14-24-20-7-5-19(22)6-8-20;;/h1-8,17H,9-15,22H2;2*1H. The Bertz CT molecular complexity index is 629. The number of hydrogen-bond acceptors (Lipinski definition) is 3. The molecule has 0 amide bonds. The smallest absolute Gasteiger partial charge is 0.119 e. The van der Waals surface area contributed by atoms with Gasteiger partial charge in [-0.1, -0.05) is 23.7 Å². The van der Waals surface area contributed by atoms with Crippen LogP contribution >= 0.6 is 45.6 Å². The third-order valence-electron chi connectivity index (χ3n) is 4.70. The van der Waals surface area contributed by atoms with E-state index >= 15 is 0 Å². The number of nitrogens with two attached hydrogens (primary N) is 1. The fourth-order valence-corrected chi connectivity index (χ4v) is 3.35. The summed E-state index contributed by atoms with van der Waals surface area (Å²) >= 11 is 5.95. The largest absolute Gasteiger partial charge is 0.492 e. The predicted molar refractivity (Wildman–Crippen MR) is 121 cm³/mol. The second-order valence-corrected chi connectivity index (χ2v) is 6.97. The highest BCUT2D eigenvalue weighted by Crippen LogP contribution is 2.22. The average Bonchev–Trinajstić information content (AvgIpc) is 2.60. The summed E-state index contributed by atoms with van der Waals surface area (Å²) in [4.78, 5) is 2.50. The summed E-state index contributed by atoms with van der Waals surface area (Å²) in [6.45, 7) is 4.02. The molecule has 6 heteroatoms. The van der Waals surface area contributed by atoms with Crippen LogP contribution in [0.15, 0.2) is 48.5 Å². The second-order valence-electron chi connectivity index (χ2n) is 6.53. The lowest BCUT2D eigenvalue weighted by Gasteiger charge is -2.31. The lowest BCUT2D eigenvalue weighted by atomic mass is 9.90. The van der Waals surface area contributed by atoms with Crippen molar-refractivity contribution in [1.82, 2.24) is 4.90 Å². The molecule has 0 saturated carbocycles. The number of hydrogen-bond donors (Lipinski definition) is 1. The zero-order valence-corrected chi connectivity index (χ0v) is 19.0. The van der Waals surface area contributed by atoms with Crippen LogP contribution in [0.1, 0.15) is 18.4 Å². The van der Waals surface area contributed by atoms with Crippen LogP contribution in [-0.4, -0.2) is 31.1 Å². The highest BCUT2D eigenvalue weighted by Gasteiger charge is 2.19. The van der Waals surface area contributed by atoms with Gasteiger partial charge in [0.05, 0.1) is 0 Å². The van der Waals surface area contributed by atoms with Crippen LogP contribution in [0, 0.1) is 5.92 Å². The molecule has 144 valence electrons. The van der Waals surface area contributed by atoms with E-state index in [2.05, 4.69) is 17.0 Å². The van der Waals surface area contributed by atoms with Gasteiger partial charge >= 0.3 is 0 Å². The Balaban J connectivity index is 0.00000169. The van der Waals surface area contributed by atoms with Crippen LogP contribution in [0.25, 0.3) is 0 Å². The van der Waals surface area contributed by atoms with Gasteiger partial charge < -0.3 is 10.5 Å². The SMILES string of the molecule is Br.Br.Nc1ccc(OCCN2CCC(Cc3ccc(Cl)cc3)CC2)cc1. The van der Waals surface area contributed by atoms with E-state index in [0.717, 1.165) is 55.0 Å². The van der Waals surface area contributed by atoms with Crippen molar-refractivity contribution in [2.45, 2.75) is 19.3 Å². The summed E-state index contributed by atoms with van der Waals surface area (Å²) in [7, 11) is 0. The maximum absolute atomic E-state index is 5.95. The second kappa shape index (κ2) is 11.9. The molecular weight excluding hydrogens is 479 g/mol. The average molecular weight is 507 g/mol. The quantitative estimate of drug-likeness (QED) is 0.533. The fraction of sp³-hybridized carbons (Fsp3) is 0.400. The first-order chi connectivity index (χ1) is 11.7. The third kappa shape index (κ3) is 7.47. The maximum atomic E-state index is 5.95. The number of benzene rings is 2. The molecule has 1 saturated heterocycles. The first kappa shape index (κ1) is 23.3. The number of nitrogens with zero attached hydrogens (tertiary/aromatic N) is 1. The highest BCUT2D eigenvalue weighted by molar-refractivity contribution is 8.93. The van der Waals surface area contributed by atoms with E-state index < -0.39 is 0 Å². The monoisotopic (exact) mass is 504 g/mol. The molecule has 0 bridgehead atoms. The van der Waals surface area contributed by atoms with Gasteiger partial charge in [-0.15, -0.1) is 34.0 Å². The molecule has 0 radical (unpaired) electrons. The van der Waals surface area contributed by atoms with Gasteiger partial charge in [0.1, 0.15) is 12.4 Å².